The number of rotatable bonds is 11. The molecule has 2 N–H and O–H groups in total. The van der Waals surface area contributed by atoms with Crippen LogP contribution < -0.4 is 25.2 Å². The zero-order chi connectivity index (χ0) is 54.5. The van der Waals surface area contributed by atoms with Crippen LogP contribution in [-0.2, 0) is 18.3 Å². The number of hydrogen-bond acceptors (Lipinski definition) is 10. The molecule has 408 valence electrons. The molecule has 10 rings (SSSR count). The molecule has 0 spiro atoms. The number of nitriles is 1. The number of ether oxygens (including phenoxy) is 1. The maximum Gasteiger partial charge on any atom is 0.317 e. The first-order chi connectivity index (χ1) is 36.9. The standard InChI is InChI=1S/C60H75F2N11O4/c1-38-30-46(17-14-42(38)33-63)77-57-59(3,4)56(60(57,5)6)66-55(75)40-12-15-44(16-13-40)69-28-26-68(27-29-69)37-53(74)70-23-19-45(20-24-70)73-39(2)11-18-50(49-36-71(58(76)64-7)25-21-51(49)73)72-22-9-10-41-31-47(43-34-65-67(8)35-43)48(54(61)62)32-52(41)72/h12-18,30-32,34-35,39,45,54,56-57H,9-11,19-29,36-37H2,1-8H3,(H,64,76)(H,66,75). The number of nitrogens with one attached hydrogen (secondary N) is 2. The predicted octanol–water partition coefficient (Wildman–Crippen LogP) is 8.66. The SMILES string of the molecule is CNC(=O)N1CCC2=C(C1)C(N1CCCc3cc(-c4cnn(C)c4)c(C(F)F)cc31)=CCC(C)N2C1CCN(C(=O)CN2CCN(c3ccc(C(=O)NC4C(C)(C)C(Oc5ccc(C#N)c(C)c5)C4(C)C)cc3)CC2)CC1. The lowest BCUT2D eigenvalue weighted by molar-refractivity contribution is -0.164. The zero-order valence-electron chi connectivity index (χ0n) is 46.0. The number of alkyl halides is 2. The smallest absolute Gasteiger partial charge is 0.317 e. The van der Waals surface area contributed by atoms with Gasteiger partial charge in [-0.2, -0.15) is 10.4 Å². The molecule has 1 atom stereocenters. The summed E-state index contributed by atoms with van der Waals surface area (Å²) in [6, 6.07) is 19.3. The lowest BCUT2D eigenvalue weighted by Gasteiger charge is -2.63. The van der Waals surface area contributed by atoms with Gasteiger partial charge in [0.25, 0.3) is 12.3 Å². The first-order valence-electron chi connectivity index (χ1n) is 27.6. The fourth-order valence-electron chi connectivity index (χ4n) is 13.8. The Bertz CT molecular complexity index is 2980. The summed E-state index contributed by atoms with van der Waals surface area (Å²) >= 11 is 0. The highest BCUT2D eigenvalue weighted by atomic mass is 19.3. The van der Waals surface area contributed by atoms with E-state index < -0.39 is 6.43 Å². The molecular formula is C60H75F2N11O4. The maximum atomic E-state index is 14.9. The average Bonchev–Trinajstić information content (AvgIpc) is 3.92. The van der Waals surface area contributed by atoms with E-state index in [9.17, 15) is 28.4 Å². The van der Waals surface area contributed by atoms with Crippen molar-refractivity contribution in [1.29, 1.82) is 5.26 Å². The monoisotopic (exact) mass is 1050 g/mol. The number of fused-ring (bicyclic) bond motifs is 1. The molecule has 1 aromatic heterocycles. The van der Waals surface area contributed by atoms with Gasteiger partial charge in [-0.25, -0.2) is 13.6 Å². The highest BCUT2D eigenvalue weighted by Gasteiger charge is 2.64. The molecular weight excluding hydrogens is 977 g/mol. The van der Waals surface area contributed by atoms with Crippen LogP contribution in [0.5, 0.6) is 5.75 Å². The number of carbonyl (C=O) groups excluding carboxylic acids is 3. The molecule has 3 fully saturated rings. The summed E-state index contributed by atoms with van der Waals surface area (Å²) < 4.78 is 38.0. The molecule has 15 nitrogen and oxygen atoms in total. The number of piperidine rings is 1. The van der Waals surface area contributed by atoms with Crippen LogP contribution in [0.15, 0.2) is 90.0 Å². The molecule has 6 aliphatic rings. The van der Waals surface area contributed by atoms with Crippen LogP contribution in [0, 0.1) is 29.1 Å². The van der Waals surface area contributed by atoms with Crippen LogP contribution in [0.25, 0.3) is 11.1 Å². The van der Waals surface area contributed by atoms with Crippen LogP contribution in [0.1, 0.15) is 106 Å². The van der Waals surface area contributed by atoms with Gasteiger partial charge in [0.1, 0.15) is 11.9 Å². The number of nitrogens with zero attached hydrogens (tertiary/aromatic N) is 9. The number of carbonyl (C=O) groups is 3. The molecule has 6 heterocycles. The Morgan fingerprint density at radius 1 is 0.909 bits per heavy atom. The molecule has 1 saturated carbocycles. The van der Waals surface area contributed by atoms with Gasteiger partial charge in [0.05, 0.1) is 30.9 Å². The Balaban J connectivity index is 0.747. The Kier molecular flexibility index (Phi) is 14.9. The minimum atomic E-state index is -2.67. The third-order valence-corrected chi connectivity index (χ3v) is 17.6. The fraction of sp³-hybridized carbons (Fsp3) is 0.517. The molecule has 0 bridgehead atoms. The first-order valence-corrected chi connectivity index (χ1v) is 27.6. The Morgan fingerprint density at radius 2 is 1.64 bits per heavy atom. The van der Waals surface area contributed by atoms with E-state index in [1.54, 1.807) is 43.3 Å². The van der Waals surface area contributed by atoms with Crippen molar-refractivity contribution in [2.45, 2.75) is 111 Å². The van der Waals surface area contributed by atoms with Gasteiger partial charge in [-0.15, -0.1) is 0 Å². The molecule has 4 aromatic rings. The molecule has 0 radical (unpaired) electrons. The van der Waals surface area contributed by atoms with Crippen LogP contribution in [-0.4, -0.2) is 144 Å². The first kappa shape index (κ1) is 53.5. The van der Waals surface area contributed by atoms with Gasteiger partial charge in [0.15, 0.2) is 0 Å². The van der Waals surface area contributed by atoms with E-state index in [1.807, 2.05) is 59.2 Å². The number of aryl methyl sites for hydroxylation is 3. The van der Waals surface area contributed by atoms with Crippen molar-refractivity contribution in [3.63, 3.8) is 0 Å². The topological polar surface area (TPSA) is 146 Å². The lowest BCUT2D eigenvalue weighted by Crippen LogP contribution is -2.74. The summed E-state index contributed by atoms with van der Waals surface area (Å²) in [5.74, 6) is 0.749. The Labute approximate surface area is 452 Å². The average molecular weight is 1050 g/mol. The number of anilines is 2. The van der Waals surface area contributed by atoms with Gasteiger partial charge in [0, 0.05) is 153 Å². The molecule has 3 aromatic carbocycles. The highest BCUT2D eigenvalue weighted by Crippen LogP contribution is 2.56. The van der Waals surface area contributed by atoms with Gasteiger partial charge in [-0.3, -0.25) is 19.2 Å². The highest BCUT2D eigenvalue weighted by molar-refractivity contribution is 5.95. The Hall–Kier alpha value is -6.93. The number of halogens is 2. The van der Waals surface area contributed by atoms with Crippen molar-refractivity contribution in [3.8, 4) is 22.9 Å². The van der Waals surface area contributed by atoms with E-state index in [2.05, 4.69) is 82.1 Å². The fourth-order valence-corrected chi connectivity index (χ4v) is 13.8. The van der Waals surface area contributed by atoms with Gasteiger partial charge in [0.2, 0.25) is 5.91 Å². The number of amides is 4. The normalized spacial score (nSPS) is 22.6. The quantitative estimate of drug-likeness (QED) is 0.150. The van der Waals surface area contributed by atoms with Crippen molar-refractivity contribution >= 4 is 29.2 Å². The van der Waals surface area contributed by atoms with Crippen LogP contribution in [0.3, 0.4) is 0 Å². The number of hydrogen-bond donors (Lipinski definition) is 2. The number of aromatic nitrogens is 2. The molecule has 5 aliphatic heterocycles. The van der Waals surface area contributed by atoms with Crippen molar-refractivity contribution < 1.29 is 27.9 Å². The predicted molar refractivity (Wildman–Crippen MR) is 295 cm³/mol. The summed E-state index contributed by atoms with van der Waals surface area (Å²) in [7, 11) is 3.45. The van der Waals surface area contributed by atoms with Crippen molar-refractivity contribution in [2.24, 2.45) is 17.9 Å². The second-order valence-corrected chi connectivity index (χ2v) is 23.3. The van der Waals surface area contributed by atoms with E-state index in [-0.39, 0.29) is 58.5 Å². The minimum Gasteiger partial charge on any atom is -0.489 e. The van der Waals surface area contributed by atoms with Gasteiger partial charge in [-0.05, 0) is 117 Å². The summed E-state index contributed by atoms with van der Waals surface area (Å²) in [6.07, 6.45) is 7.62. The number of likely N-dealkylation sites (tertiary alicyclic amines) is 1. The van der Waals surface area contributed by atoms with Gasteiger partial charge < -0.3 is 39.9 Å². The van der Waals surface area contributed by atoms with Crippen LogP contribution in [0.4, 0.5) is 25.0 Å². The third-order valence-electron chi connectivity index (χ3n) is 17.6. The van der Waals surface area contributed by atoms with Crippen molar-refractivity contribution in [2.75, 3.05) is 82.3 Å². The lowest BCUT2D eigenvalue weighted by atomic mass is 9.49. The molecule has 4 amide bonds. The van der Waals surface area contributed by atoms with E-state index in [0.717, 1.165) is 97.8 Å². The van der Waals surface area contributed by atoms with Gasteiger partial charge >= 0.3 is 6.03 Å². The molecule has 2 saturated heterocycles. The van der Waals surface area contributed by atoms with Crippen molar-refractivity contribution in [3.05, 3.63) is 118 Å². The Morgan fingerprint density at radius 3 is 2.29 bits per heavy atom. The third kappa shape index (κ3) is 10.4. The molecule has 1 aliphatic carbocycles. The second-order valence-electron chi connectivity index (χ2n) is 23.3. The molecule has 77 heavy (non-hydrogen) atoms. The van der Waals surface area contributed by atoms with E-state index in [4.69, 9.17) is 4.74 Å². The molecule has 1 unspecified atom stereocenters. The van der Waals surface area contributed by atoms with Gasteiger partial charge in [-0.1, -0.05) is 33.8 Å². The summed E-state index contributed by atoms with van der Waals surface area (Å²) in [6.45, 7) is 19.1. The number of benzene rings is 3. The molecule has 17 heteroatoms. The van der Waals surface area contributed by atoms with E-state index in [1.165, 1.54) is 5.70 Å². The van der Waals surface area contributed by atoms with E-state index >= 15 is 0 Å². The van der Waals surface area contributed by atoms with E-state index in [0.29, 0.717) is 67.9 Å². The maximum absolute atomic E-state index is 14.9. The summed E-state index contributed by atoms with van der Waals surface area (Å²) in [5.41, 5.74) is 8.76. The minimum absolute atomic E-state index is 0.0101. The largest absolute Gasteiger partial charge is 0.489 e. The van der Waals surface area contributed by atoms with Crippen molar-refractivity contribution in [1.82, 2.24) is 40.0 Å². The van der Waals surface area contributed by atoms with Crippen LogP contribution in [0.2, 0.25) is 0 Å². The summed E-state index contributed by atoms with van der Waals surface area (Å²) in [5, 5.41) is 19.8. The number of urea groups is 1. The number of piperazine rings is 1. The summed E-state index contributed by atoms with van der Waals surface area (Å²) in [4.78, 5) is 54.1. The zero-order valence-corrected chi connectivity index (χ0v) is 46.0. The second kappa shape index (κ2) is 21.5. The van der Waals surface area contributed by atoms with Crippen LogP contribution >= 0.6 is 0 Å².